The SMILES string of the molecule is C/C=C/c1cc(C(=O)Nc2ccc(C)c(Br)c2)c(C)n1-c1ccccc1C(C)(F)F. The molecule has 0 unspecified atom stereocenters. The third-order valence-corrected chi connectivity index (χ3v) is 5.76. The Kier molecular flexibility index (Phi) is 6.27. The molecule has 0 aliphatic heterocycles. The second-order valence-corrected chi connectivity index (χ2v) is 8.08. The highest BCUT2D eigenvalue weighted by Gasteiger charge is 2.29. The van der Waals surface area contributed by atoms with Crippen LogP contribution in [0.5, 0.6) is 0 Å². The summed E-state index contributed by atoms with van der Waals surface area (Å²) in [5.74, 6) is -3.31. The average Bonchev–Trinajstić information content (AvgIpc) is 3.00. The molecule has 0 radical (unpaired) electrons. The number of carbonyl (C=O) groups excluding carboxylic acids is 1. The van der Waals surface area contributed by atoms with E-state index < -0.39 is 5.92 Å². The van der Waals surface area contributed by atoms with E-state index in [0.717, 1.165) is 17.0 Å². The monoisotopic (exact) mass is 472 g/mol. The number of anilines is 1. The van der Waals surface area contributed by atoms with Gasteiger partial charge in [-0.3, -0.25) is 4.79 Å². The van der Waals surface area contributed by atoms with Crippen molar-refractivity contribution in [3.63, 3.8) is 0 Å². The number of halogens is 3. The molecule has 1 aromatic heterocycles. The molecule has 30 heavy (non-hydrogen) atoms. The lowest BCUT2D eigenvalue weighted by Gasteiger charge is -2.19. The zero-order chi connectivity index (χ0) is 22.1. The molecule has 0 aliphatic rings. The zero-order valence-corrected chi connectivity index (χ0v) is 18.8. The van der Waals surface area contributed by atoms with Gasteiger partial charge in [0.2, 0.25) is 0 Å². The highest BCUT2D eigenvalue weighted by molar-refractivity contribution is 9.10. The van der Waals surface area contributed by atoms with Gasteiger partial charge in [0, 0.05) is 34.0 Å². The lowest BCUT2D eigenvalue weighted by atomic mass is 10.1. The number of rotatable bonds is 5. The first-order valence-corrected chi connectivity index (χ1v) is 10.3. The van der Waals surface area contributed by atoms with Crippen LogP contribution in [0.3, 0.4) is 0 Å². The van der Waals surface area contributed by atoms with Gasteiger partial charge in [0.15, 0.2) is 0 Å². The molecule has 6 heteroatoms. The Hall–Kier alpha value is -2.73. The summed E-state index contributed by atoms with van der Waals surface area (Å²) in [7, 11) is 0. The Morgan fingerprint density at radius 2 is 1.83 bits per heavy atom. The highest BCUT2D eigenvalue weighted by Crippen LogP contribution is 2.34. The standard InChI is InChI=1S/C24H23BrF2N2O/c1-5-8-18-14-19(23(30)28-17-12-11-15(2)21(25)13-17)16(3)29(18)22-10-7-6-9-20(22)24(4,26)27/h5-14H,1-4H3,(H,28,30)/b8-5+. The molecule has 156 valence electrons. The topological polar surface area (TPSA) is 34.0 Å². The van der Waals surface area contributed by atoms with Gasteiger partial charge in [-0.1, -0.05) is 46.3 Å². The summed E-state index contributed by atoms with van der Waals surface area (Å²) < 4.78 is 31.1. The van der Waals surface area contributed by atoms with Crippen molar-refractivity contribution < 1.29 is 13.6 Å². The lowest BCUT2D eigenvalue weighted by molar-refractivity contribution is 0.0174. The normalized spacial score (nSPS) is 11.8. The number of benzene rings is 2. The lowest BCUT2D eigenvalue weighted by Crippen LogP contribution is -2.15. The number of nitrogens with zero attached hydrogens (tertiary/aromatic N) is 1. The van der Waals surface area contributed by atoms with Gasteiger partial charge < -0.3 is 9.88 Å². The van der Waals surface area contributed by atoms with Crippen molar-refractivity contribution >= 4 is 33.6 Å². The van der Waals surface area contributed by atoms with E-state index in [-0.39, 0.29) is 11.5 Å². The number of aryl methyl sites for hydroxylation is 1. The number of allylic oxidation sites excluding steroid dienone is 1. The van der Waals surface area contributed by atoms with E-state index >= 15 is 0 Å². The predicted molar refractivity (Wildman–Crippen MR) is 122 cm³/mol. The maximum atomic E-state index is 14.3. The summed E-state index contributed by atoms with van der Waals surface area (Å²) in [5, 5.41) is 2.89. The van der Waals surface area contributed by atoms with Crippen molar-refractivity contribution in [2.45, 2.75) is 33.6 Å². The summed E-state index contributed by atoms with van der Waals surface area (Å²) in [6, 6.07) is 13.6. The van der Waals surface area contributed by atoms with Crippen LogP contribution in [0.4, 0.5) is 14.5 Å². The van der Waals surface area contributed by atoms with Crippen LogP contribution in [-0.2, 0) is 5.92 Å². The van der Waals surface area contributed by atoms with Crippen LogP contribution >= 0.6 is 15.9 Å². The smallest absolute Gasteiger partial charge is 0.272 e. The number of hydrogen-bond acceptors (Lipinski definition) is 1. The maximum absolute atomic E-state index is 14.3. The Bertz CT molecular complexity index is 1130. The summed E-state index contributed by atoms with van der Waals surface area (Å²) in [6.07, 6.45) is 3.62. The number of amides is 1. The van der Waals surface area contributed by atoms with E-state index in [0.29, 0.717) is 28.3 Å². The summed E-state index contributed by atoms with van der Waals surface area (Å²) >= 11 is 3.46. The van der Waals surface area contributed by atoms with Gasteiger partial charge in [0.25, 0.3) is 11.8 Å². The Morgan fingerprint density at radius 1 is 1.13 bits per heavy atom. The summed E-state index contributed by atoms with van der Waals surface area (Å²) in [4.78, 5) is 13.0. The third-order valence-electron chi connectivity index (χ3n) is 4.91. The molecule has 1 amide bonds. The molecular formula is C24H23BrF2N2O. The van der Waals surface area contributed by atoms with Crippen LogP contribution < -0.4 is 5.32 Å². The molecule has 0 spiro atoms. The van der Waals surface area contributed by atoms with Crippen molar-refractivity contribution in [1.82, 2.24) is 4.57 Å². The fraction of sp³-hybridized carbons (Fsp3) is 0.208. The molecular weight excluding hydrogens is 450 g/mol. The van der Waals surface area contributed by atoms with Gasteiger partial charge in [-0.15, -0.1) is 0 Å². The first-order chi connectivity index (χ1) is 14.1. The molecule has 0 saturated heterocycles. The van der Waals surface area contributed by atoms with Gasteiger partial charge in [0.1, 0.15) is 0 Å². The average molecular weight is 473 g/mol. The number of carbonyl (C=O) groups is 1. The van der Waals surface area contributed by atoms with Crippen LogP contribution in [0.25, 0.3) is 11.8 Å². The number of aromatic nitrogens is 1. The maximum Gasteiger partial charge on any atom is 0.272 e. The zero-order valence-electron chi connectivity index (χ0n) is 17.3. The highest BCUT2D eigenvalue weighted by atomic mass is 79.9. The van der Waals surface area contributed by atoms with E-state index in [1.807, 2.05) is 38.1 Å². The molecule has 1 heterocycles. The van der Waals surface area contributed by atoms with Crippen LogP contribution in [0.15, 0.2) is 59.1 Å². The minimum Gasteiger partial charge on any atom is -0.322 e. The van der Waals surface area contributed by atoms with Crippen molar-refractivity contribution in [3.05, 3.63) is 87.2 Å². The van der Waals surface area contributed by atoms with Crippen LogP contribution in [-0.4, -0.2) is 10.5 Å². The second kappa shape index (κ2) is 8.56. The number of alkyl halides is 2. The number of para-hydroxylation sites is 1. The molecule has 0 bridgehead atoms. The molecule has 0 aliphatic carbocycles. The molecule has 3 rings (SSSR count). The largest absolute Gasteiger partial charge is 0.322 e. The first-order valence-electron chi connectivity index (χ1n) is 9.53. The van der Waals surface area contributed by atoms with Gasteiger partial charge in [-0.05, 0) is 56.7 Å². The van der Waals surface area contributed by atoms with E-state index in [9.17, 15) is 13.6 Å². The quantitative estimate of drug-likeness (QED) is 0.416. The summed E-state index contributed by atoms with van der Waals surface area (Å²) in [5.41, 5.74) is 3.64. The third kappa shape index (κ3) is 4.38. The van der Waals surface area contributed by atoms with Crippen molar-refractivity contribution in [2.24, 2.45) is 0 Å². The predicted octanol–water partition coefficient (Wildman–Crippen LogP) is 7.25. The molecule has 0 saturated carbocycles. The molecule has 0 fully saturated rings. The van der Waals surface area contributed by atoms with E-state index in [4.69, 9.17) is 0 Å². The van der Waals surface area contributed by atoms with E-state index in [1.54, 1.807) is 41.8 Å². The fourth-order valence-corrected chi connectivity index (χ4v) is 3.76. The minimum atomic E-state index is -3.02. The Balaban J connectivity index is 2.10. The first kappa shape index (κ1) is 22.0. The Labute approximate surface area is 183 Å². The molecule has 3 aromatic rings. The molecule has 3 nitrogen and oxygen atoms in total. The van der Waals surface area contributed by atoms with Gasteiger partial charge in [0.05, 0.1) is 11.3 Å². The number of hydrogen-bond donors (Lipinski definition) is 1. The minimum absolute atomic E-state index is 0.0936. The van der Waals surface area contributed by atoms with Crippen LogP contribution in [0, 0.1) is 13.8 Å². The van der Waals surface area contributed by atoms with Gasteiger partial charge in [-0.25, -0.2) is 8.78 Å². The summed E-state index contributed by atoms with van der Waals surface area (Å²) in [6.45, 7) is 6.45. The molecule has 0 atom stereocenters. The molecule has 1 N–H and O–H groups in total. The molecule has 2 aromatic carbocycles. The second-order valence-electron chi connectivity index (χ2n) is 7.23. The Morgan fingerprint density at radius 3 is 2.47 bits per heavy atom. The van der Waals surface area contributed by atoms with Crippen molar-refractivity contribution in [3.8, 4) is 5.69 Å². The van der Waals surface area contributed by atoms with Crippen molar-refractivity contribution in [1.29, 1.82) is 0 Å². The van der Waals surface area contributed by atoms with E-state index in [1.165, 1.54) is 6.07 Å². The van der Waals surface area contributed by atoms with Crippen LogP contribution in [0.2, 0.25) is 0 Å². The van der Waals surface area contributed by atoms with Gasteiger partial charge in [-0.2, -0.15) is 0 Å². The number of nitrogens with one attached hydrogen (secondary N) is 1. The van der Waals surface area contributed by atoms with Gasteiger partial charge >= 0.3 is 0 Å². The van der Waals surface area contributed by atoms with Crippen molar-refractivity contribution in [2.75, 3.05) is 5.32 Å². The fourth-order valence-electron chi connectivity index (χ4n) is 3.38. The van der Waals surface area contributed by atoms with E-state index in [2.05, 4.69) is 21.2 Å². The van der Waals surface area contributed by atoms with Crippen LogP contribution in [0.1, 0.15) is 46.7 Å².